The van der Waals surface area contributed by atoms with Crippen molar-refractivity contribution in [1.82, 2.24) is 20.2 Å². The maximum Gasteiger partial charge on any atom is 0.141 e. The minimum absolute atomic E-state index is 0.497. The fourth-order valence-corrected chi connectivity index (χ4v) is 6.71. The minimum atomic E-state index is 0.497. The second-order valence-corrected chi connectivity index (χ2v) is 9.93. The van der Waals surface area contributed by atoms with Crippen LogP contribution in [0.2, 0.25) is 0 Å². The second kappa shape index (κ2) is 6.68. The van der Waals surface area contributed by atoms with Gasteiger partial charge in [0, 0.05) is 42.9 Å². The Hall–Kier alpha value is -0.890. The van der Waals surface area contributed by atoms with Crippen LogP contribution in [0.1, 0.15) is 30.2 Å². The monoisotopic (exact) mass is 375 g/mol. The Morgan fingerprint density at radius 2 is 1.96 bits per heavy atom. The van der Waals surface area contributed by atoms with E-state index in [1.54, 1.807) is 16.8 Å². The highest BCUT2D eigenvalue weighted by Crippen LogP contribution is 2.39. The number of anilines is 1. The topological polar surface area (TPSA) is 44.3 Å². The summed E-state index contributed by atoms with van der Waals surface area (Å²) in [5.74, 6) is 1.18. The molecule has 0 radical (unpaired) electrons. The summed E-state index contributed by atoms with van der Waals surface area (Å²) in [6.07, 6.45) is 6.83. The molecule has 25 heavy (non-hydrogen) atoms. The summed E-state index contributed by atoms with van der Waals surface area (Å²) in [4.78, 5) is 17.1. The van der Waals surface area contributed by atoms with Gasteiger partial charge >= 0.3 is 0 Å². The number of thioether (sulfide) groups is 1. The van der Waals surface area contributed by atoms with Gasteiger partial charge in [0.2, 0.25) is 0 Å². The van der Waals surface area contributed by atoms with E-state index in [1.165, 1.54) is 41.7 Å². The third kappa shape index (κ3) is 2.95. The molecule has 2 unspecified atom stereocenters. The summed E-state index contributed by atoms with van der Waals surface area (Å²) < 4.78 is 0. The minimum Gasteiger partial charge on any atom is -0.353 e. The average molecular weight is 376 g/mol. The lowest BCUT2D eigenvalue weighted by molar-refractivity contribution is 0.222. The number of hydrogen-bond donors (Lipinski definition) is 1. The highest BCUT2D eigenvalue weighted by Gasteiger charge is 2.31. The first kappa shape index (κ1) is 16.3. The van der Waals surface area contributed by atoms with E-state index in [-0.39, 0.29) is 0 Å². The standard InChI is InChI=1S/C18H25N5S2/c1-12-10-19-18(24-12)23-8-6-22(7-9-23)16-15-13-4-2-3-5-14(13)25-17(15)21-11-20-16/h11-12,18-19H,2-10H2,1H3. The predicted molar refractivity (Wildman–Crippen MR) is 107 cm³/mol. The van der Waals surface area contributed by atoms with Crippen molar-refractivity contribution in [3.05, 3.63) is 16.8 Å². The molecule has 1 aliphatic carbocycles. The number of piperazine rings is 1. The molecular weight excluding hydrogens is 350 g/mol. The Morgan fingerprint density at radius 1 is 1.12 bits per heavy atom. The first-order chi connectivity index (χ1) is 12.3. The number of thiophene rings is 1. The molecule has 0 saturated carbocycles. The molecule has 3 aliphatic rings. The fourth-order valence-electron chi connectivity index (χ4n) is 4.28. The highest BCUT2D eigenvalue weighted by atomic mass is 32.2. The van der Waals surface area contributed by atoms with Crippen molar-refractivity contribution in [2.75, 3.05) is 37.6 Å². The molecule has 4 heterocycles. The maximum absolute atomic E-state index is 4.73. The van der Waals surface area contributed by atoms with Gasteiger partial charge in [0.25, 0.3) is 0 Å². The first-order valence-electron chi connectivity index (χ1n) is 9.42. The molecule has 0 bridgehead atoms. The lowest BCUT2D eigenvalue weighted by Gasteiger charge is -2.38. The van der Waals surface area contributed by atoms with Crippen LogP contribution in [-0.4, -0.2) is 58.3 Å². The van der Waals surface area contributed by atoms with Crippen molar-refractivity contribution < 1.29 is 0 Å². The van der Waals surface area contributed by atoms with Crippen LogP contribution in [0, 0.1) is 0 Å². The van der Waals surface area contributed by atoms with Crippen LogP contribution < -0.4 is 10.2 Å². The van der Waals surface area contributed by atoms with Gasteiger partial charge in [-0.3, -0.25) is 10.2 Å². The largest absolute Gasteiger partial charge is 0.353 e. The zero-order valence-corrected chi connectivity index (χ0v) is 16.3. The molecule has 0 amide bonds. The Kier molecular flexibility index (Phi) is 4.36. The van der Waals surface area contributed by atoms with Crippen molar-refractivity contribution in [2.24, 2.45) is 0 Å². The zero-order valence-electron chi connectivity index (χ0n) is 14.7. The molecule has 2 fully saturated rings. The maximum atomic E-state index is 4.73. The van der Waals surface area contributed by atoms with E-state index < -0.39 is 0 Å². The Balaban J connectivity index is 1.38. The molecule has 2 saturated heterocycles. The lowest BCUT2D eigenvalue weighted by atomic mass is 9.97. The van der Waals surface area contributed by atoms with Crippen LogP contribution in [-0.2, 0) is 12.8 Å². The molecule has 5 rings (SSSR count). The summed E-state index contributed by atoms with van der Waals surface area (Å²) >= 11 is 3.96. The van der Waals surface area contributed by atoms with E-state index in [2.05, 4.69) is 38.8 Å². The van der Waals surface area contributed by atoms with Crippen LogP contribution >= 0.6 is 23.1 Å². The number of aromatic nitrogens is 2. The lowest BCUT2D eigenvalue weighted by Crippen LogP contribution is -2.52. The van der Waals surface area contributed by atoms with Gasteiger partial charge in [-0.15, -0.1) is 23.1 Å². The van der Waals surface area contributed by atoms with Crippen LogP contribution in [0.15, 0.2) is 6.33 Å². The highest BCUT2D eigenvalue weighted by molar-refractivity contribution is 8.00. The summed E-state index contributed by atoms with van der Waals surface area (Å²) in [5, 5.41) is 5.73. The zero-order chi connectivity index (χ0) is 16.8. The van der Waals surface area contributed by atoms with Crippen molar-refractivity contribution in [1.29, 1.82) is 0 Å². The van der Waals surface area contributed by atoms with Gasteiger partial charge in [-0.2, -0.15) is 0 Å². The molecule has 7 heteroatoms. The number of fused-ring (bicyclic) bond motifs is 3. The molecule has 1 N–H and O–H groups in total. The first-order valence-corrected chi connectivity index (χ1v) is 11.2. The summed E-state index contributed by atoms with van der Waals surface area (Å²) in [6, 6.07) is 0. The quantitative estimate of drug-likeness (QED) is 0.871. The Labute approximate surface area is 157 Å². The van der Waals surface area contributed by atoms with E-state index >= 15 is 0 Å². The van der Waals surface area contributed by atoms with Crippen molar-refractivity contribution in [3.8, 4) is 0 Å². The van der Waals surface area contributed by atoms with Gasteiger partial charge in [0.15, 0.2) is 0 Å². The third-order valence-corrected chi connectivity index (χ3v) is 8.17. The van der Waals surface area contributed by atoms with Crippen LogP contribution in [0.25, 0.3) is 10.2 Å². The van der Waals surface area contributed by atoms with Crippen LogP contribution in [0.3, 0.4) is 0 Å². The van der Waals surface area contributed by atoms with Crippen LogP contribution in [0.4, 0.5) is 5.82 Å². The molecule has 0 aromatic carbocycles. The molecule has 5 nitrogen and oxygen atoms in total. The summed E-state index contributed by atoms with van der Waals surface area (Å²) in [7, 11) is 0. The predicted octanol–water partition coefficient (Wildman–Crippen LogP) is 2.70. The Bertz CT molecular complexity index is 768. The van der Waals surface area contributed by atoms with Crippen molar-refractivity contribution >= 4 is 39.1 Å². The van der Waals surface area contributed by atoms with Crippen molar-refractivity contribution in [2.45, 2.75) is 43.4 Å². The fraction of sp³-hybridized carbons (Fsp3) is 0.667. The van der Waals surface area contributed by atoms with E-state index in [0.29, 0.717) is 5.50 Å². The number of rotatable bonds is 2. The SMILES string of the molecule is CC1CNC(N2CCN(c3ncnc4sc5c(c34)CCCC5)CC2)S1. The van der Waals surface area contributed by atoms with Crippen molar-refractivity contribution in [3.63, 3.8) is 0 Å². The molecule has 0 spiro atoms. The molecule has 2 aromatic heterocycles. The summed E-state index contributed by atoms with van der Waals surface area (Å²) in [6.45, 7) is 7.77. The number of nitrogens with zero attached hydrogens (tertiary/aromatic N) is 4. The third-order valence-electron chi connectivity index (χ3n) is 5.62. The average Bonchev–Trinajstić information content (AvgIpc) is 3.25. The van der Waals surface area contributed by atoms with E-state index in [4.69, 9.17) is 4.98 Å². The normalized spacial score (nSPS) is 27.8. The van der Waals surface area contributed by atoms with Gasteiger partial charge in [0.1, 0.15) is 22.5 Å². The summed E-state index contributed by atoms with van der Waals surface area (Å²) in [5.41, 5.74) is 2.04. The van der Waals surface area contributed by atoms with Gasteiger partial charge < -0.3 is 4.90 Å². The van der Waals surface area contributed by atoms with Gasteiger partial charge in [-0.25, -0.2) is 9.97 Å². The molecule has 2 aliphatic heterocycles. The molecule has 2 aromatic rings. The van der Waals surface area contributed by atoms with Gasteiger partial charge in [0.05, 0.1) is 5.39 Å². The van der Waals surface area contributed by atoms with E-state index in [9.17, 15) is 0 Å². The Morgan fingerprint density at radius 3 is 2.76 bits per heavy atom. The molecule has 134 valence electrons. The molecule has 2 atom stereocenters. The number of hydrogen-bond acceptors (Lipinski definition) is 7. The van der Waals surface area contributed by atoms with E-state index in [1.807, 2.05) is 11.3 Å². The van der Waals surface area contributed by atoms with Gasteiger partial charge in [-0.05, 0) is 31.2 Å². The smallest absolute Gasteiger partial charge is 0.141 e. The van der Waals surface area contributed by atoms with Crippen LogP contribution in [0.5, 0.6) is 0 Å². The van der Waals surface area contributed by atoms with Gasteiger partial charge in [-0.1, -0.05) is 6.92 Å². The van der Waals surface area contributed by atoms with E-state index in [0.717, 1.165) is 38.0 Å². The molecular formula is C18H25N5S2. The number of nitrogens with one attached hydrogen (secondary N) is 1. The number of aryl methyl sites for hydroxylation is 2. The second-order valence-electron chi connectivity index (χ2n) is 7.32.